The number of nitrogens with one attached hydrogen (secondary N) is 1. The highest BCUT2D eigenvalue weighted by molar-refractivity contribution is 5.98. The van der Waals surface area contributed by atoms with Gasteiger partial charge in [0.15, 0.2) is 0 Å². The average molecular weight is 318 g/mol. The van der Waals surface area contributed by atoms with E-state index in [2.05, 4.69) is 39.4 Å². The fourth-order valence-electron chi connectivity index (χ4n) is 2.72. The molecule has 0 aromatic heterocycles. The van der Waals surface area contributed by atoms with Crippen molar-refractivity contribution in [2.24, 2.45) is 0 Å². The van der Waals surface area contributed by atoms with E-state index in [-0.39, 0.29) is 18.0 Å². The molecule has 126 valence electrons. The molecular formula is C17H26N4O2. The molecule has 1 heterocycles. The number of imide groups is 1. The van der Waals surface area contributed by atoms with Crippen molar-refractivity contribution in [3.8, 4) is 0 Å². The van der Waals surface area contributed by atoms with Crippen molar-refractivity contribution in [3.63, 3.8) is 0 Å². The van der Waals surface area contributed by atoms with Crippen LogP contribution in [0.2, 0.25) is 0 Å². The second-order valence-corrected chi connectivity index (χ2v) is 6.02. The van der Waals surface area contributed by atoms with Crippen LogP contribution in [0.3, 0.4) is 0 Å². The second-order valence-electron chi connectivity index (χ2n) is 6.02. The van der Waals surface area contributed by atoms with Gasteiger partial charge >= 0.3 is 6.03 Å². The minimum atomic E-state index is -0.322. The molecule has 2 rings (SSSR count). The molecule has 3 amide bonds. The first-order chi connectivity index (χ1) is 10.9. The highest BCUT2D eigenvalue weighted by atomic mass is 16.2. The number of anilines is 1. The highest BCUT2D eigenvalue weighted by Crippen LogP contribution is 2.16. The van der Waals surface area contributed by atoms with Crippen LogP contribution in [0.4, 0.5) is 10.5 Å². The molecule has 1 aliphatic rings. The fraction of sp³-hybridized carbons (Fsp3) is 0.529. The number of benzene rings is 1. The van der Waals surface area contributed by atoms with Crippen molar-refractivity contribution in [1.29, 1.82) is 0 Å². The zero-order valence-corrected chi connectivity index (χ0v) is 14.4. The maximum absolute atomic E-state index is 12.5. The van der Waals surface area contributed by atoms with Crippen LogP contribution in [0, 0.1) is 0 Å². The Balaban J connectivity index is 2.03. The number of nitrogens with zero attached hydrogens (tertiary/aromatic N) is 3. The van der Waals surface area contributed by atoms with Crippen LogP contribution >= 0.6 is 0 Å². The van der Waals surface area contributed by atoms with Gasteiger partial charge in [-0.3, -0.25) is 14.6 Å². The fourth-order valence-corrected chi connectivity index (χ4v) is 2.72. The molecule has 0 spiro atoms. The Morgan fingerprint density at radius 2 is 1.96 bits per heavy atom. The van der Waals surface area contributed by atoms with E-state index in [9.17, 15) is 9.59 Å². The van der Waals surface area contributed by atoms with Gasteiger partial charge < -0.3 is 10.2 Å². The normalized spacial score (nSPS) is 15.7. The average Bonchev–Trinajstić information content (AvgIpc) is 2.97. The molecule has 1 fully saturated rings. The first kappa shape index (κ1) is 17.3. The van der Waals surface area contributed by atoms with Crippen molar-refractivity contribution in [1.82, 2.24) is 15.1 Å². The maximum Gasteiger partial charge on any atom is 0.324 e. The molecule has 1 aliphatic heterocycles. The van der Waals surface area contributed by atoms with E-state index >= 15 is 0 Å². The summed E-state index contributed by atoms with van der Waals surface area (Å²) in [4.78, 5) is 29.6. The molecule has 6 nitrogen and oxygen atoms in total. The van der Waals surface area contributed by atoms with Gasteiger partial charge in [-0.1, -0.05) is 19.1 Å². The summed E-state index contributed by atoms with van der Waals surface area (Å²) in [5, 5.41) is 2.67. The van der Waals surface area contributed by atoms with Gasteiger partial charge in [0, 0.05) is 39.4 Å². The summed E-state index contributed by atoms with van der Waals surface area (Å²) >= 11 is 0. The predicted molar refractivity (Wildman–Crippen MR) is 91.4 cm³/mol. The summed E-state index contributed by atoms with van der Waals surface area (Å²) in [6, 6.07) is 7.70. The van der Waals surface area contributed by atoms with E-state index in [1.165, 1.54) is 4.90 Å². The smallest absolute Gasteiger partial charge is 0.324 e. The Hall–Kier alpha value is -2.08. The van der Waals surface area contributed by atoms with Crippen LogP contribution in [0.1, 0.15) is 19.4 Å². The Morgan fingerprint density at radius 1 is 1.30 bits per heavy atom. The number of rotatable bonds is 6. The van der Waals surface area contributed by atoms with Crippen molar-refractivity contribution in [2.45, 2.75) is 26.4 Å². The first-order valence-corrected chi connectivity index (χ1v) is 8.03. The van der Waals surface area contributed by atoms with E-state index < -0.39 is 0 Å². The molecule has 0 unspecified atom stereocenters. The number of carbonyl (C=O) groups excluding carboxylic acids is 2. The van der Waals surface area contributed by atoms with Crippen LogP contribution in [-0.2, 0) is 11.3 Å². The number of likely N-dealkylation sites (N-methyl/N-ethyl adjacent to an activating group) is 1. The van der Waals surface area contributed by atoms with Gasteiger partial charge in [-0.15, -0.1) is 0 Å². The summed E-state index contributed by atoms with van der Waals surface area (Å²) in [5.41, 5.74) is 2.30. The topological polar surface area (TPSA) is 55.9 Å². The molecule has 1 N–H and O–H groups in total. The van der Waals surface area contributed by atoms with Crippen LogP contribution < -0.4 is 10.2 Å². The zero-order chi connectivity index (χ0) is 17.0. The number of hydrogen-bond acceptors (Lipinski definition) is 4. The molecular weight excluding hydrogens is 292 g/mol. The number of amides is 3. The molecule has 6 heteroatoms. The first-order valence-electron chi connectivity index (χ1n) is 8.03. The Bertz CT molecular complexity index is 556. The zero-order valence-electron chi connectivity index (χ0n) is 14.4. The van der Waals surface area contributed by atoms with E-state index in [4.69, 9.17) is 0 Å². The van der Waals surface area contributed by atoms with Gasteiger partial charge in [0.05, 0.1) is 6.04 Å². The van der Waals surface area contributed by atoms with Crippen molar-refractivity contribution in [2.75, 3.05) is 38.6 Å². The van der Waals surface area contributed by atoms with Crippen molar-refractivity contribution < 1.29 is 9.59 Å². The van der Waals surface area contributed by atoms with Gasteiger partial charge in [0.1, 0.15) is 0 Å². The summed E-state index contributed by atoms with van der Waals surface area (Å²) < 4.78 is 0. The summed E-state index contributed by atoms with van der Waals surface area (Å²) in [7, 11) is 4.02. The third-order valence-corrected chi connectivity index (χ3v) is 4.27. The van der Waals surface area contributed by atoms with Gasteiger partial charge in [0.25, 0.3) is 0 Å². The Labute approximate surface area is 138 Å². The molecule has 0 bridgehead atoms. The number of carbonyl (C=O) groups is 2. The van der Waals surface area contributed by atoms with Gasteiger partial charge in [0.2, 0.25) is 5.91 Å². The highest BCUT2D eigenvalue weighted by Gasteiger charge is 2.32. The lowest BCUT2D eigenvalue weighted by atomic mass is 10.1. The molecule has 1 saturated heterocycles. The van der Waals surface area contributed by atoms with Crippen LogP contribution in [0.25, 0.3) is 0 Å². The summed E-state index contributed by atoms with van der Waals surface area (Å²) in [5.74, 6) is -0.133. The molecule has 23 heavy (non-hydrogen) atoms. The van der Waals surface area contributed by atoms with Crippen LogP contribution in [-0.4, -0.2) is 61.5 Å². The predicted octanol–water partition coefficient (Wildman–Crippen LogP) is 1.51. The quantitative estimate of drug-likeness (QED) is 0.864. The lowest BCUT2D eigenvalue weighted by molar-refractivity contribution is -0.132. The monoisotopic (exact) mass is 318 g/mol. The van der Waals surface area contributed by atoms with Gasteiger partial charge in [-0.05, 0) is 31.2 Å². The van der Waals surface area contributed by atoms with E-state index in [1.54, 1.807) is 0 Å². The van der Waals surface area contributed by atoms with Crippen molar-refractivity contribution >= 4 is 17.6 Å². The molecule has 0 aliphatic carbocycles. The third-order valence-electron chi connectivity index (χ3n) is 4.27. The van der Waals surface area contributed by atoms with Crippen molar-refractivity contribution in [3.05, 3.63) is 29.8 Å². The second kappa shape index (κ2) is 7.46. The third kappa shape index (κ3) is 4.01. The lowest BCUT2D eigenvalue weighted by Crippen LogP contribution is -2.47. The van der Waals surface area contributed by atoms with Crippen LogP contribution in [0.15, 0.2) is 24.3 Å². The Kier molecular flexibility index (Phi) is 5.60. The summed E-state index contributed by atoms with van der Waals surface area (Å²) in [6.45, 7) is 6.32. The van der Waals surface area contributed by atoms with E-state index in [0.717, 1.165) is 17.8 Å². The van der Waals surface area contributed by atoms with Gasteiger partial charge in [-0.25, -0.2) is 4.79 Å². The Morgan fingerprint density at radius 3 is 2.43 bits per heavy atom. The largest absolute Gasteiger partial charge is 0.378 e. The summed E-state index contributed by atoms with van der Waals surface area (Å²) in [6.07, 6.45) is 0. The molecule has 0 saturated carbocycles. The molecule has 1 aromatic carbocycles. The lowest BCUT2D eigenvalue weighted by Gasteiger charge is -2.29. The molecule has 0 radical (unpaired) electrons. The van der Waals surface area contributed by atoms with E-state index in [1.807, 2.05) is 27.9 Å². The van der Waals surface area contributed by atoms with E-state index in [0.29, 0.717) is 19.6 Å². The minimum absolute atomic E-state index is 0.133. The maximum atomic E-state index is 12.5. The van der Waals surface area contributed by atoms with Gasteiger partial charge in [-0.2, -0.15) is 0 Å². The number of urea groups is 1. The minimum Gasteiger partial charge on any atom is -0.378 e. The SMILES string of the molecule is CCN(Cc1ccc(N(C)C)cc1)[C@@H](C)C(=O)N1CCNC1=O. The number of hydrogen-bond donors (Lipinski definition) is 1. The standard InChI is InChI=1S/C17H26N4O2/c1-5-20(12-14-6-8-15(9-7-14)19(3)4)13(2)16(22)21-11-10-18-17(21)23/h6-9,13H,5,10-12H2,1-4H3,(H,18,23)/t13-/m0/s1. The molecule has 1 aromatic rings. The van der Waals surface area contributed by atoms with Crippen LogP contribution in [0.5, 0.6) is 0 Å². The molecule has 1 atom stereocenters.